The minimum absolute atomic E-state index is 0.158. The van der Waals surface area contributed by atoms with Gasteiger partial charge in [-0.3, -0.25) is 4.79 Å². The Morgan fingerprint density at radius 3 is 2.76 bits per heavy atom. The van der Waals surface area contributed by atoms with Gasteiger partial charge < -0.3 is 10.2 Å². The summed E-state index contributed by atoms with van der Waals surface area (Å²) in [6.45, 7) is 5.72. The number of benzene rings is 1. The molecule has 92 valence electrons. The highest BCUT2D eigenvalue weighted by atomic mass is 16.2. The molecule has 1 aromatic carbocycles. The minimum atomic E-state index is 0.158. The molecule has 1 amide bonds. The summed E-state index contributed by atoms with van der Waals surface area (Å²) in [5, 5.41) is 3.12. The molecule has 3 nitrogen and oxygen atoms in total. The molecular formula is C14H20N2O. The number of hydrogen-bond donors (Lipinski definition) is 1. The number of nitrogens with one attached hydrogen (secondary N) is 1. The molecule has 0 bridgehead atoms. The van der Waals surface area contributed by atoms with Gasteiger partial charge in [-0.25, -0.2) is 0 Å². The van der Waals surface area contributed by atoms with Crippen LogP contribution in [0.4, 0.5) is 0 Å². The van der Waals surface area contributed by atoms with Crippen molar-refractivity contribution >= 4 is 5.91 Å². The van der Waals surface area contributed by atoms with Crippen LogP contribution in [0.15, 0.2) is 43.0 Å². The second-order valence-corrected chi connectivity index (χ2v) is 3.98. The van der Waals surface area contributed by atoms with Crippen LogP contribution >= 0.6 is 0 Å². The van der Waals surface area contributed by atoms with E-state index in [1.165, 1.54) is 0 Å². The summed E-state index contributed by atoms with van der Waals surface area (Å²) in [6.07, 6.45) is 2.31. The number of carbonyl (C=O) groups is 1. The Morgan fingerprint density at radius 1 is 1.41 bits per heavy atom. The Morgan fingerprint density at radius 2 is 2.12 bits per heavy atom. The van der Waals surface area contributed by atoms with Crippen LogP contribution in [-0.4, -0.2) is 30.9 Å². The molecule has 0 aromatic heterocycles. The third-order valence-electron chi connectivity index (χ3n) is 2.49. The van der Waals surface area contributed by atoms with Gasteiger partial charge in [0.1, 0.15) is 0 Å². The molecule has 1 N–H and O–H groups in total. The van der Waals surface area contributed by atoms with Crippen molar-refractivity contribution in [2.45, 2.75) is 13.0 Å². The molecule has 0 atom stereocenters. The van der Waals surface area contributed by atoms with E-state index in [9.17, 15) is 4.79 Å². The maximum absolute atomic E-state index is 11.8. The highest BCUT2D eigenvalue weighted by Gasteiger charge is 2.07. The van der Waals surface area contributed by atoms with Crippen molar-refractivity contribution in [2.24, 2.45) is 0 Å². The van der Waals surface area contributed by atoms with Crippen LogP contribution in [0.25, 0.3) is 0 Å². The average molecular weight is 232 g/mol. The number of nitrogens with zero attached hydrogens (tertiary/aromatic N) is 1. The first-order chi connectivity index (χ1) is 8.24. The molecule has 0 radical (unpaired) electrons. The smallest absolute Gasteiger partial charge is 0.223 e. The summed E-state index contributed by atoms with van der Waals surface area (Å²) in [4.78, 5) is 13.5. The lowest BCUT2D eigenvalue weighted by Crippen LogP contribution is -2.29. The van der Waals surface area contributed by atoms with Gasteiger partial charge in [0.05, 0.1) is 0 Å². The molecule has 3 heteroatoms. The lowest BCUT2D eigenvalue weighted by molar-refractivity contribution is -0.130. The van der Waals surface area contributed by atoms with Gasteiger partial charge in [-0.1, -0.05) is 36.4 Å². The predicted octanol–water partition coefficient (Wildman–Crippen LogP) is 1.81. The van der Waals surface area contributed by atoms with Crippen molar-refractivity contribution in [3.63, 3.8) is 0 Å². The molecule has 0 spiro atoms. The summed E-state index contributed by atoms with van der Waals surface area (Å²) in [7, 11) is 1.84. The quantitative estimate of drug-likeness (QED) is 0.574. The van der Waals surface area contributed by atoms with Crippen molar-refractivity contribution in [1.29, 1.82) is 0 Å². The molecule has 1 rings (SSSR count). The van der Waals surface area contributed by atoms with Crippen molar-refractivity contribution in [2.75, 3.05) is 20.1 Å². The molecule has 0 aliphatic heterocycles. The fraction of sp³-hybridized carbons (Fsp3) is 0.357. The summed E-state index contributed by atoms with van der Waals surface area (Å²) >= 11 is 0. The highest BCUT2D eigenvalue weighted by Crippen LogP contribution is 2.03. The first-order valence-electron chi connectivity index (χ1n) is 5.83. The average Bonchev–Trinajstić information content (AvgIpc) is 2.35. The van der Waals surface area contributed by atoms with Gasteiger partial charge in [-0.05, 0) is 5.56 Å². The van der Waals surface area contributed by atoms with Crippen LogP contribution in [0.5, 0.6) is 0 Å². The van der Waals surface area contributed by atoms with Gasteiger partial charge in [0.25, 0.3) is 0 Å². The zero-order valence-electron chi connectivity index (χ0n) is 10.4. The molecule has 0 aliphatic rings. The third kappa shape index (κ3) is 5.31. The van der Waals surface area contributed by atoms with E-state index in [2.05, 4.69) is 11.9 Å². The van der Waals surface area contributed by atoms with E-state index in [1.54, 1.807) is 11.0 Å². The van der Waals surface area contributed by atoms with Crippen molar-refractivity contribution in [3.8, 4) is 0 Å². The van der Waals surface area contributed by atoms with Crippen molar-refractivity contribution in [3.05, 3.63) is 48.6 Å². The Hall–Kier alpha value is -1.61. The van der Waals surface area contributed by atoms with E-state index >= 15 is 0 Å². The fourth-order valence-corrected chi connectivity index (χ4v) is 1.54. The van der Waals surface area contributed by atoms with E-state index in [0.717, 1.165) is 12.1 Å². The summed E-state index contributed by atoms with van der Waals surface area (Å²) in [5.74, 6) is 0.158. The van der Waals surface area contributed by atoms with E-state index in [0.29, 0.717) is 19.5 Å². The second-order valence-electron chi connectivity index (χ2n) is 3.98. The Bertz CT molecular complexity index is 348. The van der Waals surface area contributed by atoms with E-state index in [-0.39, 0.29) is 5.91 Å². The van der Waals surface area contributed by atoms with Crippen LogP contribution in [0.2, 0.25) is 0 Å². The van der Waals surface area contributed by atoms with Gasteiger partial charge in [0, 0.05) is 33.1 Å². The van der Waals surface area contributed by atoms with Crippen LogP contribution < -0.4 is 5.32 Å². The molecule has 0 heterocycles. The highest BCUT2D eigenvalue weighted by molar-refractivity contribution is 5.76. The monoisotopic (exact) mass is 232 g/mol. The maximum atomic E-state index is 11.8. The van der Waals surface area contributed by atoms with Crippen LogP contribution in [0.3, 0.4) is 0 Å². The number of hydrogen-bond acceptors (Lipinski definition) is 2. The molecule has 0 saturated carbocycles. The Kier molecular flexibility index (Phi) is 6.04. The third-order valence-corrected chi connectivity index (χ3v) is 2.49. The normalized spacial score (nSPS) is 9.94. The Labute approximate surface area is 103 Å². The van der Waals surface area contributed by atoms with Crippen LogP contribution in [-0.2, 0) is 11.3 Å². The van der Waals surface area contributed by atoms with E-state index < -0.39 is 0 Å². The molecule has 0 saturated heterocycles. The maximum Gasteiger partial charge on any atom is 0.223 e. The number of amides is 1. The van der Waals surface area contributed by atoms with Gasteiger partial charge in [-0.2, -0.15) is 0 Å². The topological polar surface area (TPSA) is 32.3 Å². The fourth-order valence-electron chi connectivity index (χ4n) is 1.54. The van der Waals surface area contributed by atoms with Crippen LogP contribution in [0.1, 0.15) is 12.0 Å². The first-order valence-corrected chi connectivity index (χ1v) is 5.83. The largest absolute Gasteiger partial charge is 0.341 e. The summed E-state index contributed by atoms with van der Waals surface area (Å²) < 4.78 is 0. The number of carbonyl (C=O) groups excluding carboxylic acids is 1. The molecule has 17 heavy (non-hydrogen) atoms. The van der Waals surface area contributed by atoms with Gasteiger partial charge in [0.2, 0.25) is 5.91 Å². The summed E-state index contributed by atoms with van der Waals surface area (Å²) in [5.41, 5.74) is 1.16. The lowest BCUT2D eigenvalue weighted by Gasteiger charge is -2.17. The molecule has 0 aliphatic carbocycles. The zero-order chi connectivity index (χ0) is 12.5. The Balaban J connectivity index is 2.29. The summed E-state index contributed by atoms with van der Waals surface area (Å²) in [6, 6.07) is 10.0. The molecule has 1 aromatic rings. The molecule has 0 fully saturated rings. The predicted molar refractivity (Wildman–Crippen MR) is 70.6 cm³/mol. The van der Waals surface area contributed by atoms with E-state index in [1.807, 2.05) is 37.4 Å². The molecule has 0 unspecified atom stereocenters. The van der Waals surface area contributed by atoms with Crippen molar-refractivity contribution in [1.82, 2.24) is 10.2 Å². The first kappa shape index (κ1) is 13.5. The van der Waals surface area contributed by atoms with Gasteiger partial charge in [0.15, 0.2) is 0 Å². The van der Waals surface area contributed by atoms with Crippen molar-refractivity contribution < 1.29 is 4.79 Å². The van der Waals surface area contributed by atoms with Gasteiger partial charge in [-0.15, -0.1) is 6.58 Å². The van der Waals surface area contributed by atoms with E-state index in [4.69, 9.17) is 0 Å². The van der Waals surface area contributed by atoms with Gasteiger partial charge >= 0.3 is 0 Å². The zero-order valence-corrected chi connectivity index (χ0v) is 10.4. The SMILES string of the molecule is C=CCNCCC(=O)N(C)Cc1ccccc1. The minimum Gasteiger partial charge on any atom is -0.341 e. The van der Waals surface area contributed by atoms with Crippen LogP contribution in [0, 0.1) is 0 Å². The second kappa shape index (κ2) is 7.63. The lowest BCUT2D eigenvalue weighted by atomic mass is 10.2. The standard InChI is InChI=1S/C14H20N2O/c1-3-10-15-11-9-14(17)16(2)12-13-7-5-4-6-8-13/h3-8,15H,1,9-12H2,2H3. The molecular weight excluding hydrogens is 212 g/mol. The number of rotatable bonds is 7.